The lowest BCUT2D eigenvalue weighted by atomic mass is 10.0. The van der Waals surface area contributed by atoms with Crippen molar-refractivity contribution in [2.45, 2.75) is 46.3 Å². The highest BCUT2D eigenvalue weighted by Gasteiger charge is 2.34. The summed E-state index contributed by atoms with van der Waals surface area (Å²) in [6, 6.07) is 2.09. The van der Waals surface area contributed by atoms with E-state index in [9.17, 15) is 24.5 Å². The third kappa shape index (κ3) is 8.49. The highest BCUT2D eigenvalue weighted by Crippen LogP contribution is 2.36. The van der Waals surface area contributed by atoms with Crippen molar-refractivity contribution < 1.29 is 57.6 Å². The van der Waals surface area contributed by atoms with Crippen LogP contribution in [0.25, 0.3) is 0 Å². The summed E-state index contributed by atoms with van der Waals surface area (Å²) in [6.07, 6.45) is -6.42. The summed E-state index contributed by atoms with van der Waals surface area (Å²) >= 11 is 0. The first kappa shape index (κ1) is 32.7. The number of nitrogens with zero attached hydrogens (tertiary/aromatic N) is 4. The molecule has 0 aliphatic heterocycles. The summed E-state index contributed by atoms with van der Waals surface area (Å²) < 4.78 is 35.6. The minimum Gasteiger partial charge on any atom is -0.493 e. The zero-order chi connectivity index (χ0) is 30.9. The Bertz CT molecular complexity index is 1250. The van der Waals surface area contributed by atoms with Gasteiger partial charge in [0.1, 0.15) is 17.4 Å². The van der Waals surface area contributed by atoms with Crippen LogP contribution in [0.3, 0.4) is 0 Å². The molecule has 0 amide bonds. The average Bonchev–Trinajstić information content (AvgIpc) is 3.35. The number of nitro benzene ring substituents is 1. The molecule has 0 saturated carbocycles. The van der Waals surface area contributed by atoms with Crippen LogP contribution in [0.15, 0.2) is 12.1 Å². The number of hydrogen-bond donors (Lipinski definition) is 1. The van der Waals surface area contributed by atoms with E-state index in [1.807, 2.05) is 0 Å². The second-order valence-electron chi connectivity index (χ2n) is 8.64. The van der Waals surface area contributed by atoms with Gasteiger partial charge in [0.05, 0.1) is 38.4 Å². The van der Waals surface area contributed by atoms with Crippen molar-refractivity contribution in [1.82, 2.24) is 15.0 Å². The number of carbonyl (C=O) groups is 3. The van der Waals surface area contributed by atoms with Gasteiger partial charge in [-0.05, 0) is 13.8 Å². The number of ether oxygens (including phenoxy) is 7. The predicted molar refractivity (Wildman–Crippen MR) is 136 cm³/mol. The molecule has 0 aliphatic rings. The van der Waals surface area contributed by atoms with Gasteiger partial charge in [-0.3, -0.25) is 14.9 Å². The monoisotopic (exact) mass is 584 g/mol. The third-order valence-corrected chi connectivity index (χ3v) is 5.39. The molecule has 17 heteroatoms. The van der Waals surface area contributed by atoms with Crippen LogP contribution in [0.5, 0.6) is 11.5 Å². The van der Waals surface area contributed by atoms with Crippen molar-refractivity contribution in [3.05, 3.63) is 39.2 Å². The summed E-state index contributed by atoms with van der Waals surface area (Å²) in [5.74, 6) is -1.50. The lowest BCUT2D eigenvalue weighted by Gasteiger charge is -2.21. The zero-order valence-electron chi connectivity index (χ0n) is 23.5. The molecule has 2 aromatic rings. The Morgan fingerprint density at radius 2 is 1.61 bits per heavy atom. The topological polar surface area (TPSA) is 210 Å². The smallest absolute Gasteiger partial charge is 0.493 e. The molecule has 1 N–H and O–H groups in total. The van der Waals surface area contributed by atoms with Crippen molar-refractivity contribution in [2.75, 3.05) is 34.5 Å². The summed E-state index contributed by atoms with van der Waals surface area (Å²) in [6.45, 7) is 6.46. The number of methoxy groups -OCH3 is 3. The maximum Gasteiger partial charge on any atom is 0.512 e. The Morgan fingerprint density at radius 1 is 0.976 bits per heavy atom. The van der Waals surface area contributed by atoms with Gasteiger partial charge in [0.2, 0.25) is 18.3 Å². The van der Waals surface area contributed by atoms with Crippen molar-refractivity contribution in [1.29, 1.82) is 0 Å². The van der Waals surface area contributed by atoms with Gasteiger partial charge in [-0.15, -0.1) is 15.0 Å². The number of carbonyl (C=O) groups excluding carboxylic acids is 2. The number of rotatable bonds is 15. The second-order valence-corrected chi connectivity index (χ2v) is 8.64. The maximum atomic E-state index is 13.7. The predicted octanol–water partition coefficient (Wildman–Crippen LogP) is 3.51. The Hall–Kier alpha value is -4.51. The quantitative estimate of drug-likeness (QED) is 0.0792. The summed E-state index contributed by atoms with van der Waals surface area (Å²) in [7, 11) is 4.02. The molecule has 0 radical (unpaired) electrons. The first-order valence-electron chi connectivity index (χ1n) is 12.1. The minimum atomic E-state index is -1.68. The van der Waals surface area contributed by atoms with Crippen LogP contribution < -0.4 is 9.47 Å². The zero-order valence-corrected chi connectivity index (χ0v) is 23.5. The fraction of sp³-hybridized carbons (Fsp3) is 0.542. The van der Waals surface area contributed by atoms with Crippen molar-refractivity contribution in [3.8, 4) is 11.5 Å². The number of ketones is 1. The summed E-state index contributed by atoms with van der Waals surface area (Å²) in [4.78, 5) is 49.2. The van der Waals surface area contributed by atoms with E-state index in [1.165, 1.54) is 35.2 Å². The average molecular weight is 585 g/mol. The molecule has 0 saturated heterocycles. The number of aromatic nitrogens is 3. The first-order valence-corrected chi connectivity index (χ1v) is 12.1. The van der Waals surface area contributed by atoms with Crippen LogP contribution in [0.2, 0.25) is 0 Å². The molecule has 2 rings (SSSR count). The third-order valence-electron chi connectivity index (χ3n) is 5.39. The van der Waals surface area contributed by atoms with E-state index >= 15 is 0 Å². The summed E-state index contributed by atoms with van der Waals surface area (Å²) in [5.41, 5.74) is -1.87. The minimum absolute atomic E-state index is 0.00517. The highest BCUT2D eigenvalue weighted by molar-refractivity contribution is 6.11. The lowest BCUT2D eigenvalue weighted by Crippen LogP contribution is -2.27. The fourth-order valence-electron chi connectivity index (χ4n) is 3.46. The number of nitro groups is 1. The largest absolute Gasteiger partial charge is 0.512 e. The van der Waals surface area contributed by atoms with E-state index in [0.717, 1.165) is 16.9 Å². The normalized spacial score (nSPS) is 13.2. The molecule has 17 nitrogen and oxygen atoms in total. The molecule has 0 aliphatic carbocycles. The Labute approximate surface area is 234 Å². The van der Waals surface area contributed by atoms with Gasteiger partial charge < -0.3 is 38.3 Å². The Kier molecular flexibility index (Phi) is 11.8. The Balaban J connectivity index is 2.55. The Morgan fingerprint density at radius 3 is 2.15 bits per heavy atom. The first-order chi connectivity index (χ1) is 19.3. The van der Waals surface area contributed by atoms with Crippen LogP contribution in [-0.2, 0) is 23.7 Å². The van der Waals surface area contributed by atoms with Gasteiger partial charge in [-0.2, -0.15) is 0 Å². The van der Waals surface area contributed by atoms with Crippen LogP contribution in [0.4, 0.5) is 15.3 Å². The maximum absolute atomic E-state index is 13.7. The van der Waals surface area contributed by atoms with E-state index in [0.29, 0.717) is 0 Å². The van der Waals surface area contributed by atoms with Crippen LogP contribution in [0.1, 0.15) is 61.8 Å². The molecule has 226 valence electrons. The number of benzene rings is 1. The molecule has 3 unspecified atom stereocenters. The number of hydrogen-bond acceptors (Lipinski definition) is 14. The van der Waals surface area contributed by atoms with Crippen LogP contribution >= 0.6 is 0 Å². The molecule has 0 bridgehead atoms. The van der Waals surface area contributed by atoms with E-state index in [1.54, 1.807) is 13.8 Å². The highest BCUT2D eigenvalue weighted by atomic mass is 16.8. The molecule has 1 aromatic carbocycles. The molecule has 1 aromatic heterocycles. The van der Waals surface area contributed by atoms with Gasteiger partial charge in [0.25, 0.3) is 5.69 Å². The van der Waals surface area contributed by atoms with Gasteiger partial charge in [-0.25, -0.2) is 9.59 Å². The lowest BCUT2D eigenvalue weighted by molar-refractivity contribution is -0.385. The molecule has 41 heavy (non-hydrogen) atoms. The van der Waals surface area contributed by atoms with Crippen molar-refractivity contribution in [3.63, 3.8) is 0 Å². The van der Waals surface area contributed by atoms with Crippen molar-refractivity contribution >= 4 is 23.8 Å². The SMILES string of the molecule is COCCOC(C)OC(=O)OC(C(C)C)n1nc(C(=O)c2cc(OC)c(OC)cc2[N+](=O)[O-])c(C(C)OC(=O)O)n1. The molecular formula is C24H32N4O13. The molecule has 0 spiro atoms. The van der Waals surface area contributed by atoms with Crippen LogP contribution in [-0.4, -0.2) is 84.0 Å². The van der Waals surface area contributed by atoms with Gasteiger partial charge in [-0.1, -0.05) is 13.8 Å². The molecule has 1 heterocycles. The van der Waals surface area contributed by atoms with Crippen LogP contribution in [0, 0.1) is 16.0 Å². The van der Waals surface area contributed by atoms with Gasteiger partial charge >= 0.3 is 12.3 Å². The van der Waals surface area contributed by atoms with E-state index in [-0.39, 0.29) is 30.4 Å². The van der Waals surface area contributed by atoms with Gasteiger partial charge in [0.15, 0.2) is 17.2 Å². The van der Waals surface area contributed by atoms with Crippen molar-refractivity contribution in [2.24, 2.45) is 5.92 Å². The number of carboxylic acid groups (broad SMARTS) is 1. The van der Waals surface area contributed by atoms with Gasteiger partial charge in [0, 0.05) is 19.1 Å². The second kappa shape index (κ2) is 14.8. The molecule has 3 atom stereocenters. The van der Waals surface area contributed by atoms with E-state index in [2.05, 4.69) is 10.2 Å². The molecular weight excluding hydrogens is 552 g/mol. The van der Waals surface area contributed by atoms with E-state index in [4.69, 9.17) is 38.3 Å². The van der Waals surface area contributed by atoms with E-state index < -0.39 is 64.5 Å². The molecule has 0 fully saturated rings. The summed E-state index contributed by atoms with van der Waals surface area (Å²) in [5, 5.41) is 29.2. The standard InChI is InChI=1S/C24H32N4O13/c1-12(2)22(41-24(32)40-14(4)38-9-8-35-5)27-25-19(13(3)39-23(30)31)20(26-27)21(29)15-10-17(36-6)18(37-7)11-16(15)28(33)34/h10-14,22H,8-9H2,1-7H3,(H,30,31). The fourth-order valence-corrected chi connectivity index (χ4v) is 3.46.